The molecule has 1 saturated carbocycles. The number of amides is 1. The molecule has 2 aliphatic rings. The summed E-state index contributed by atoms with van der Waals surface area (Å²) in [6.07, 6.45) is 1.98. The Labute approximate surface area is 203 Å². The van der Waals surface area contributed by atoms with Crippen molar-refractivity contribution >= 4 is 11.9 Å². The van der Waals surface area contributed by atoms with Crippen molar-refractivity contribution in [2.24, 2.45) is 0 Å². The van der Waals surface area contributed by atoms with Gasteiger partial charge in [0.05, 0.1) is 6.42 Å². The molecule has 3 aromatic rings. The highest BCUT2D eigenvalue weighted by molar-refractivity contribution is 5.95. The van der Waals surface area contributed by atoms with Crippen LogP contribution in [0.4, 0.5) is 0 Å². The molecule has 1 aliphatic carbocycles. The number of carbonyl (C=O) groups excluding carboxylic acids is 1. The number of nitrogens with zero attached hydrogens (tertiary/aromatic N) is 1. The average Bonchev–Trinajstić information content (AvgIpc) is 3.72. The van der Waals surface area contributed by atoms with Gasteiger partial charge in [-0.25, -0.2) is 0 Å². The maximum Gasteiger partial charge on any atom is 0.307 e. The molecule has 1 amide bonds. The lowest BCUT2D eigenvalue weighted by Gasteiger charge is -2.25. The van der Waals surface area contributed by atoms with Crippen molar-refractivity contribution in [1.82, 2.24) is 4.90 Å². The van der Waals surface area contributed by atoms with E-state index >= 15 is 0 Å². The minimum absolute atomic E-state index is 0.0164. The molecule has 0 atom stereocenters. The molecule has 7 heteroatoms. The number of carbonyl (C=O) groups is 2. The molecule has 1 aliphatic heterocycles. The molecule has 0 unspecified atom stereocenters. The fourth-order valence-electron chi connectivity index (χ4n) is 4.17. The summed E-state index contributed by atoms with van der Waals surface area (Å²) in [5.74, 6) is 1.07. The van der Waals surface area contributed by atoms with Crippen LogP contribution in [0.25, 0.3) is 0 Å². The Bertz CT molecular complexity index is 1220. The fraction of sp³-hybridized carbons (Fsp3) is 0.286. The Hall–Kier alpha value is -4.00. The Morgan fingerprint density at radius 2 is 1.63 bits per heavy atom. The number of fused-ring (bicyclic) bond motifs is 1. The van der Waals surface area contributed by atoms with Crippen LogP contribution in [0.1, 0.15) is 39.9 Å². The Morgan fingerprint density at radius 3 is 2.34 bits per heavy atom. The lowest BCUT2D eigenvalue weighted by molar-refractivity contribution is -0.136. The van der Waals surface area contributed by atoms with E-state index in [0.717, 1.165) is 29.5 Å². The van der Waals surface area contributed by atoms with Gasteiger partial charge in [0.25, 0.3) is 5.91 Å². The minimum atomic E-state index is -0.862. The highest BCUT2D eigenvalue weighted by atomic mass is 16.6. The van der Waals surface area contributed by atoms with Gasteiger partial charge in [-0.2, -0.15) is 0 Å². The van der Waals surface area contributed by atoms with E-state index in [0.29, 0.717) is 49.2 Å². The van der Waals surface area contributed by atoms with Crippen molar-refractivity contribution in [2.75, 3.05) is 13.2 Å². The largest absolute Gasteiger partial charge is 0.489 e. The SMILES string of the molecule is O=C(O)Cc1ccc(OCc2ccccc2CN(C(=O)c2ccc3c(c2)OCCO3)C2CC2)cc1. The second-order valence-electron chi connectivity index (χ2n) is 8.79. The first-order valence-electron chi connectivity index (χ1n) is 11.8. The van der Waals surface area contributed by atoms with Gasteiger partial charge in [0, 0.05) is 18.2 Å². The van der Waals surface area contributed by atoms with Crippen molar-refractivity contribution in [3.8, 4) is 17.2 Å². The van der Waals surface area contributed by atoms with Gasteiger partial charge < -0.3 is 24.2 Å². The molecule has 1 heterocycles. The van der Waals surface area contributed by atoms with Crippen LogP contribution < -0.4 is 14.2 Å². The van der Waals surface area contributed by atoms with Crippen molar-refractivity contribution < 1.29 is 28.9 Å². The Kier molecular flexibility index (Phi) is 6.57. The van der Waals surface area contributed by atoms with Gasteiger partial charge in [-0.15, -0.1) is 0 Å². The van der Waals surface area contributed by atoms with Crippen LogP contribution in [0.3, 0.4) is 0 Å². The van der Waals surface area contributed by atoms with Crippen LogP contribution in [-0.4, -0.2) is 41.1 Å². The van der Waals surface area contributed by atoms with Crippen molar-refractivity contribution in [1.29, 1.82) is 0 Å². The molecule has 0 radical (unpaired) electrons. The van der Waals surface area contributed by atoms with E-state index in [1.807, 2.05) is 29.2 Å². The smallest absolute Gasteiger partial charge is 0.307 e. The van der Waals surface area contributed by atoms with Gasteiger partial charge in [-0.1, -0.05) is 36.4 Å². The van der Waals surface area contributed by atoms with Gasteiger partial charge >= 0.3 is 5.97 Å². The second kappa shape index (κ2) is 10.1. The summed E-state index contributed by atoms with van der Waals surface area (Å²) in [6, 6.07) is 20.7. The number of hydrogen-bond donors (Lipinski definition) is 1. The summed E-state index contributed by atoms with van der Waals surface area (Å²) in [5, 5.41) is 8.93. The molecule has 5 rings (SSSR count). The third-order valence-electron chi connectivity index (χ3n) is 6.17. The fourth-order valence-corrected chi connectivity index (χ4v) is 4.17. The summed E-state index contributed by atoms with van der Waals surface area (Å²) >= 11 is 0. The number of hydrogen-bond acceptors (Lipinski definition) is 5. The van der Waals surface area contributed by atoms with E-state index in [2.05, 4.69) is 0 Å². The highest BCUT2D eigenvalue weighted by Crippen LogP contribution is 2.34. The van der Waals surface area contributed by atoms with Crippen molar-refractivity contribution in [2.45, 2.75) is 38.5 Å². The van der Waals surface area contributed by atoms with Crippen LogP contribution in [0.2, 0.25) is 0 Å². The predicted octanol–water partition coefficient (Wildman–Crippen LogP) is 4.47. The van der Waals surface area contributed by atoms with Crippen molar-refractivity contribution in [3.05, 3.63) is 89.0 Å². The first-order chi connectivity index (χ1) is 17.1. The third kappa shape index (κ3) is 5.57. The number of carboxylic acid groups (broad SMARTS) is 1. The van der Waals surface area contributed by atoms with Gasteiger partial charge in [-0.3, -0.25) is 9.59 Å². The molecular formula is C28H27NO6. The number of benzene rings is 3. The number of aliphatic carboxylic acids is 1. The zero-order valence-electron chi connectivity index (χ0n) is 19.3. The average molecular weight is 474 g/mol. The maximum atomic E-state index is 13.5. The molecule has 0 saturated heterocycles. The normalized spacial score (nSPS) is 14.3. The Morgan fingerprint density at radius 1 is 0.914 bits per heavy atom. The molecule has 0 bridgehead atoms. The van der Waals surface area contributed by atoms with Gasteiger partial charge in [0.2, 0.25) is 0 Å². The third-order valence-corrected chi connectivity index (χ3v) is 6.17. The zero-order chi connectivity index (χ0) is 24.2. The lowest BCUT2D eigenvalue weighted by atomic mass is 10.1. The van der Waals surface area contributed by atoms with Gasteiger partial charge in [0.15, 0.2) is 11.5 Å². The first-order valence-corrected chi connectivity index (χ1v) is 11.8. The van der Waals surface area contributed by atoms with Crippen LogP contribution in [0.15, 0.2) is 66.7 Å². The predicted molar refractivity (Wildman–Crippen MR) is 129 cm³/mol. The first kappa shape index (κ1) is 22.8. The number of ether oxygens (including phenoxy) is 3. The molecule has 35 heavy (non-hydrogen) atoms. The molecule has 7 nitrogen and oxygen atoms in total. The van der Waals surface area contributed by atoms with Crippen LogP contribution >= 0.6 is 0 Å². The molecule has 0 spiro atoms. The van der Waals surface area contributed by atoms with Crippen molar-refractivity contribution in [3.63, 3.8) is 0 Å². The quantitative estimate of drug-likeness (QED) is 0.494. The molecular weight excluding hydrogens is 446 g/mol. The topological polar surface area (TPSA) is 85.3 Å². The van der Waals surface area contributed by atoms with E-state index < -0.39 is 5.97 Å². The van der Waals surface area contributed by atoms with Crippen LogP contribution in [0.5, 0.6) is 17.2 Å². The molecule has 3 aromatic carbocycles. The molecule has 1 fully saturated rings. The van der Waals surface area contributed by atoms with Gasteiger partial charge in [-0.05, 0) is 59.9 Å². The zero-order valence-corrected chi connectivity index (χ0v) is 19.3. The summed E-state index contributed by atoms with van der Waals surface area (Å²) in [4.78, 5) is 26.3. The van der Waals surface area contributed by atoms with E-state index in [4.69, 9.17) is 19.3 Å². The Balaban J connectivity index is 1.29. The van der Waals surface area contributed by atoms with Gasteiger partial charge in [0.1, 0.15) is 25.6 Å². The van der Waals surface area contributed by atoms with Crippen LogP contribution in [0, 0.1) is 0 Å². The minimum Gasteiger partial charge on any atom is -0.489 e. The second-order valence-corrected chi connectivity index (χ2v) is 8.79. The molecule has 1 N–H and O–H groups in total. The lowest BCUT2D eigenvalue weighted by Crippen LogP contribution is -2.33. The van der Waals surface area contributed by atoms with E-state index in [1.165, 1.54) is 0 Å². The highest BCUT2D eigenvalue weighted by Gasteiger charge is 2.34. The van der Waals surface area contributed by atoms with E-state index in [9.17, 15) is 9.59 Å². The summed E-state index contributed by atoms with van der Waals surface area (Å²) in [6.45, 7) is 1.84. The standard InChI is InChI=1S/C28H27NO6/c30-27(31)15-19-5-10-24(11-6-19)35-18-22-4-2-1-3-21(22)17-29(23-8-9-23)28(32)20-7-12-25-26(16-20)34-14-13-33-25/h1-7,10-12,16,23H,8-9,13-15,17-18H2,(H,30,31). The monoisotopic (exact) mass is 473 g/mol. The molecule has 0 aromatic heterocycles. The van der Waals surface area contributed by atoms with Crippen LogP contribution in [-0.2, 0) is 24.4 Å². The van der Waals surface area contributed by atoms with E-state index in [-0.39, 0.29) is 18.4 Å². The summed E-state index contributed by atoms with van der Waals surface area (Å²) in [5.41, 5.74) is 3.36. The summed E-state index contributed by atoms with van der Waals surface area (Å²) < 4.78 is 17.2. The number of carboxylic acids is 1. The molecule has 180 valence electrons. The summed E-state index contributed by atoms with van der Waals surface area (Å²) in [7, 11) is 0. The van der Waals surface area contributed by atoms with E-state index in [1.54, 1.807) is 42.5 Å². The maximum absolute atomic E-state index is 13.5. The number of rotatable bonds is 9.